The Morgan fingerprint density at radius 3 is 2.68 bits per heavy atom. The molecular weight excluding hydrogens is 357 g/mol. The number of benzene rings is 1. The van der Waals surface area contributed by atoms with Crippen molar-refractivity contribution in [1.29, 1.82) is 0 Å². The molecule has 0 bridgehead atoms. The molecule has 2 N–H and O–H groups in total. The molecule has 0 aliphatic heterocycles. The van der Waals surface area contributed by atoms with E-state index in [-0.39, 0.29) is 21.6 Å². The highest BCUT2D eigenvalue weighted by molar-refractivity contribution is 9.10. The van der Waals surface area contributed by atoms with Crippen LogP contribution in [0.25, 0.3) is 0 Å². The third kappa shape index (κ3) is 3.37. The summed E-state index contributed by atoms with van der Waals surface area (Å²) < 4.78 is 19.2. The van der Waals surface area contributed by atoms with Gasteiger partial charge in [-0.15, -0.1) is 0 Å². The Morgan fingerprint density at radius 1 is 1.37 bits per heavy atom. The molecule has 2 aromatic rings. The van der Waals surface area contributed by atoms with Crippen LogP contribution in [0.15, 0.2) is 29.0 Å². The Hall–Kier alpha value is -1.31. The third-order valence-electron chi connectivity index (χ3n) is 2.07. The third-order valence-corrected chi connectivity index (χ3v) is 3.19. The van der Waals surface area contributed by atoms with Gasteiger partial charge in [0, 0.05) is 6.07 Å². The number of aromatic nitrogens is 2. The quantitative estimate of drug-likeness (QED) is 0.669. The van der Waals surface area contributed by atoms with Crippen molar-refractivity contribution in [1.82, 2.24) is 9.97 Å². The number of halogens is 3. The Kier molecular flexibility index (Phi) is 4.28. The fourth-order valence-electron chi connectivity index (χ4n) is 1.19. The standard InChI is InChI=1S/C11H6BrClFN3OS/c12-5-1-6(13)7(14)2-9(5)18-10-4-16-8(3-17-10)11(15)19/h1-4H,(H2,15,19). The first-order valence-electron chi connectivity index (χ1n) is 4.91. The van der Waals surface area contributed by atoms with E-state index in [4.69, 9.17) is 34.3 Å². The van der Waals surface area contributed by atoms with Gasteiger partial charge in [0.25, 0.3) is 0 Å². The summed E-state index contributed by atoms with van der Waals surface area (Å²) in [6, 6.07) is 2.54. The minimum Gasteiger partial charge on any atom is -0.436 e. The molecule has 0 aliphatic carbocycles. The molecule has 98 valence electrons. The van der Waals surface area contributed by atoms with Crippen LogP contribution in [0.4, 0.5) is 4.39 Å². The summed E-state index contributed by atoms with van der Waals surface area (Å²) in [5.74, 6) is -0.172. The number of hydrogen-bond donors (Lipinski definition) is 1. The van der Waals surface area contributed by atoms with E-state index >= 15 is 0 Å². The summed E-state index contributed by atoms with van der Waals surface area (Å²) in [6.45, 7) is 0. The Balaban J connectivity index is 2.26. The first kappa shape index (κ1) is 14.1. The van der Waals surface area contributed by atoms with Gasteiger partial charge in [0.15, 0.2) is 0 Å². The van der Waals surface area contributed by atoms with Crippen LogP contribution in [0.5, 0.6) is 11.6 Å². The number of nitrogens with zero attached hydrogens (tertiary/aromatic N) is 2. The highest BCUT2D eigenvalue weighted by Crippen LogP contribution is 2.32. The number of thiocarbonyl (C=S) groups is 1. The van der Waals surface area contributed by atoms with Gasteiger partial charge in [0.1, 0.15) is 22.2 Å². The molecule has 8 heteroatoms. The van der Waals surface area contributed by atoms with Crippen LogP contribution in [0, 0.1) is 5.82 Å². The summed E-state index contributed by atoms with van der Waals surface area (Å²) in [4.78, 5) is 8.05. The van der Waals surface area contributed by atoms with Crippen molar-refractivity contribution in [3.05, 3.63) is 45.5 Å². The molecule has 2 rings (SSSR count). The Morgan fingerprint density at radius 2 is 2.11 bits per heavy atom. The van der Waals surface area contributed by atoms with Crippen LogP contribution < -0.4 is 10.5 Å². The van der Waals surface area contributed by atoms with Gasteiger partial charge in [-0.1, -0.05) is 23.8 Å². The molecule has 1 heterocycles. The summed E-state index contributed by atoms with van der Waals surface area (Å²) in [7, 11) is 0. The minimum absolute atomic E-state index is 0.00543. The number of ether oxygens (including phenoxy) is 1. The Bertz CT molecular complexity index is 639. The zero-order chi connectivity index (χ0) is 14.0. The number of rotatable bonds is 3. The summed E-state index contributed by atoms with van der Waals surface area (Å²) in [5, 5.41) is -0.00543. The lowest BCUT2D eigenvalue weighted by Gasteiger charge is -2.07. The van der Waals surface area contributed by atoms with E-state index in [0.717, 1.165) is 6.07 Å². The number of nitrogens with two attached hydrogens (primary N) is 1. The lowest BCUT2D eigenvalue weighted by molar-refractivity contribution is 0.452. The van der Waals surface area contributed by atoms with Gasteiger partial charge >= 0.3 is 0 Å². The van der Waals surface area contributed by atoms with Crippen LogP contribution in [0.2, 0.25) is 5.02 Å². The van der Waals surface area contributed by atoms with Gasteiger partial charge in [-0.25, -0.2) is 14.4 Å². The van der Waals surface area contributed by atoms with E-state index in [2.05, 4.69) is 25.9 Å². The second-order valence-electron chi connectivity index (χ2n) is 3.40. The molecule has 4 nitrogen and oxygen atoms in total. The van der Waals surface area contributed by atoms with Gasteiger partial charge < -0.3 is 10.5 Å². The summed E-state index contributed by atoms with van der Waals surface area (Å²) >= 11 is 13.6. The van der Waals surface area contributed by atoms with Crippen LogP contribution >= 0.6 is 39.7 Å². The van der Waals surface area contributed by atoms with Crippen molar-refractivity contribution >= 4 is 44.7 Å². The molecule has 0 saturated carbocycles. The van der Waals surface area contributed by atoms with E-state index < -0.39 is 5.82 Å². The second-order valence-corrected chi connectivity index (χ2v) is 5.10. The van der Waals surface area contributed by atoms with Crippen LogP contribution in [-0.2, 0) is 0 Å². The van der Waals surface area contributed by atoms with Gasteiger partial charge in [0.05, 0.1) is 21.9 Å². The van der Waals surface area contributed by atoms with Crippen LogP contribution in [0.3, 0.4) is 0 Å². The lowest BCUT2D eigenvalue weighted by atomic mass is 10.3. The monoisotopic (exact) mass is 361 g/mol. The second kappa shape index (κ2) is 5.77. The fraction of sp³-hybridized carbons (Fsp3) is 0. The Labute approximate surface area is 126 Å². The van der Waals surface area contributed by atoms with Crippen LogP contribution in [0.1, 0.15) is 5.69 Å². The normalized spacial score (nSPS) is 10.3. The first-order valence-corrected chi connectivity index (χ1v) is 6.49. The average molecular weight is 363 g/mol. The molecule has 0 fully saturated rings. The molecule has 1 aromatic carbocycles. The molecule has 0 spiro atoms. The van der Waals surface area contributed by atoms with E-state index in [1.54, 1.807) is 0 Å². The molecule has 0 unspecified atom stereocenters. The topological polar surface area (TPSA) is 61.0 Å². The van der Waals surface area contributed by atoms with Crippen molar-refractivity contribution in [2.45, 2.75) is 0 Å². The van der Waals surface area contributed by atoms with E-state index in [1.807, 2.05) is 0 Å². The molecule has 19 heavy (non-hydrogen) atoms. The summed E-state index contributed by atoms with van der Waals surface area (Å²) in [6.07, 6.45) is 2.71. The predicted octanol–water partition coefficient (Wildman–Crippen LogP) is 3.46. The zero-order valence-corrected chi connectivity index (χ0v) is 12.4. The smallest absolute Gasteiger partial charge is 0.237 e. The maximum absolute atomic E-state index is 13.3. The SMILES string of the molecule is NC(=S)c1cnc(Oc2cc(F)c(Cl)cc2Br)cn1. The lowest BCUT2D eigenvalue weighted by Crippen LogP contribution is -2.11. The zero-order valence-electron chi connectivity index (χ0n) is 9.23. The van der Waals surface area contributed by atoms with Crippen molar-refractivity contribution in [3.8, 4) is 11.6 Å². The van der Waals surface area contributed by atoms with Crippen molar-refractivity contribution in [2.24, 2.45) is 5.73 Å². The van der Waals surface area contributed by atoms with Gasteiger partial charge in [-0.2, -0.15) is 0 Å². The van der Waals surface area contributed by atoms with Crippen molar-refractivity contribution in [2.75, 3.05) is 0 Å². The van der Waals surface area contributed by atoms with Gasteiger partial charge in [-0.05, 0) is 22.0 Å². The maximum Gasteiger partial charge on any atom is 0.237 e. The van der Waals surface area contributed by atoms with Gasteiger partial charge in [0.2, 0.25) is 5.88 Å². The number of hydrogen-bond acceptors (Lipinski definition) is 4. The molecule has 0 amide bonds. The molecular formula is C11H6BrClFN3OS. The summed E-state index contributed by atoms with van der Waals surface area (Å²) in [5.41, 5.74) is 5.77. The molecule has 0 radical (unpaired) electrons. The first-order chi connectivity index (χ1) is 8.97. The predicted molar refractivity (Wildman–Crippen MR) is 77.1 cm³/mol. The van der Waals surface area contributed by atoms with E-state index in [1.165, 1.54) is 18.5 Å². The van der Waals surface area contributed by atoms with E-state index in [9.17, 15) is 4.39 Å². The molecule has 0 saturated heterocycles. The van der Waals surface area contributed by atoms with Crippen molar-refractivity contribution < 1.29 is 9.13 Å². The minimum atomic E-state index is -0.590. The largest absolute Gasteiger partial charge is 0.436 e. The van der Waals surface area contributed by atoms with E-state index in [0.29, 0.717) is 10.2 Å². The highest BCUT2D eigenvalue weighted by Gasteiger charge is 2.10. The highest BCUT2D eigenvalue weighted by atomic mass is 79.9. The van der Waals surface area contributed by atoms with Crippen LogP contribution in [-0.4, -0.2) is 15.0 Å². The average Bonchev–Trinajstić information content (AvgIpc) is 2.36. The molecule has 0 aliphatic rings. The van der Waals surface area contributed by atoms with Crippen molar-refractivity contribution in [3.63, 3.8) is 0 Å². The molecule has 0 atom stereocenters. The molecule has 1 aromatic heterocycles. The van der Waals surface area contributed by atoms with Gasteiger partial charge in [-0.3, -0.25) is 0 Å². The fourth-order valence-corrected chi connectivity index (χ4v) is 2.02. The maximum atomic E-state index is 13.3.